The number of likely N-dealkylation sites (tertiary alicyclic amines) is 1. The van der Waals surface area contributed by atoms with Crippen LogP contribution in [0.5, 0.6) is 0 Å². The molecule has 2 heterocycles. The maximum absolute atomic E-state index is 12.1. The first-order valence-electron chi connectivity index (χ1n) is 7.35. The summed E-state index contributed by atoms with van der Waals surface area (Å²) in [6, 6.07) is 7.97. The maximum atomic E-state index is 12.1. The first kappa shape index (κ1) is 13.8. The molecule has 1 fully saturated rings. The third-order valence-corrected chi connectivity index (χ3v) is 4.07. The molecule has 1 aliphatic rings. The van der Waals surface area contributed by atoms with E-state index < -0.39 is 0 Å². The summed E-state index contributed by atoms with van der Waals surface area (Å²) in [5.74, 6) is -0.0201. The second kappa shape index (κ2) is 6.10. The van der Waals surface area contributed by atoms with Gasteiger partial charge in [-0.3, -0.25) is 9.69 Å². The highest BCUT2D eigenvalue weighted by Gasteiger charge is 2.25. The number of hydrogen-bond acceptors (Lipinski definition) is 3. The van der Waals surface area contributed by atoms with E-state index in [0.717, 1.165) is 35.9 Å². The number of hydrogen-bond donors (Lipinski definition) is 2. The van der Waals surface area contributed by atoms with Crippen LogP contribution in [-0.4, -0.2) is 41.6 Å². The number of H-pyrrole nitrogens is 1. The van der Waals surface area contributed by atoms with Gasteiger partial charge in [0, 0.05) is 22.7 Å². The third kappa shape index (κ3) is 2.97. The molecule has 0 aliphatic carbocycles. The summed E-state index contributed by atoms with van der Waals surface area (Å²) in [5, 5.41) is 5.20. The Kier molecular flexibility index (Phi) is 4.01. The molecule has 110 valence electrons. The number of benzene rings is 1. The van der Waals surface area contributed by atoms with Crippen molar-refractivity contribution in [1.82, 2.24) is 15.3 Å². The summed E-state index contributed by atoms with van der Waals surface area (Å²) >= 11 is 0. The maximum Gasteiger partial charge on any atom is 0.257 e. The number of amides is 1. The predicted molar refractivity (Wildman–Crippen MR) is 84.3 cm³/mol. The summed E-state index contributed by atoms with van der Waals surface area (Å²) in [7, 11) is 1.99. The number of aromatic nitrogens is 1. The van der Waals surface area contributed by atoms with Gasteiger partial charge in [0.15, 0.2) is 0 Å². The molecule has 0 spiro atoms. The average Bonchev–Trinajstić information content (AvgIpc) is 2.91. The van der Waals surface area contributed by atoms with Crippen molar-refractivity contribution in [2.45, 2.75) is 25.3 Å². The minimum absolute atomic E-state index is 0.0201. The zero-order valence-electron chi connectivity index (χ0n) is 12.2. The lowest BCUT2D eigenvalue weighted by Gasteiger charge is -2.30. The Morgan fingerprint density at radius 3 is 3.14 bits per heavy atom. The van der Waals surface area contributed by atoms with Crippen molar-refractivity contribution in [3.05, 3.63) is 36.0 Å². The van der Waals surface area contributed by atoms with Crippen LogP contribution in [0.25, 0.3) is 10.9 Å². The van der Waals surface area contributed by atoms with Crippen molar-refractivity contribution < 1.29 is 4.79 Å². The van der Waals surface area contributed by atoms with Gasteiger partial charge in [-0.15, -0.1) is 0 Å². The first-order valence-corrected chi connectivity index (χ1v) is 7.35. The first-order chi connectivity index (χ1) is 10.3. The van der Waals surface area contributed by atoms with Gasteiger partial charge >= 0.3 is 0 Å². The third-order valence-electron chi connectivity index (χ3n) is 4.07. The van der Waals surface area contributed by atoms with Gasteiger partial charge in [0.25, 0.3) is 5.91 Å². The van der Waals surface area contributed by atoms with E-state index in [1.165, 1.54) is 6.42 Å². The van der Waals surface area contributed by atoms with Gasteiger partial charge in [0.2, 0.25) is 0 Å². The zero-order valence-corrected chi connectivity index (χ0v) is 12.2. The van der Waals surface area contributed by atoms with E-state index in [4.69, 9.17) is 0 Å². The molecule has 1 saturated heterocycles. The number of rotatable bonds is 3. The molecule has 1 aliphatic heterocycles. The highest BCUT2D eigenvalue weighted by Crippen LogP contribution is 2.16. The quantitative estimate of drug-likeness (QED) is 0.670. The Labute approximate surface area is 124 Å². The molecule has 2 aromatic rings. The lowest BCUT2D eigenvalue weighted by Crippen LogP contribution is -2.46. The van der Waals surface area contributed by atoms with Crippen LogP contribution in [0, 0.1) is 0 Å². The lowest BCUT2D eigenvalue weighted by molar-refractivity contribution is -0.126. The van der Waals surface area contributed by atoms with Gasteiger partial charge in [-0.2, -0.15) is 5.10 Å². The van der Waals surface area contributed by atoms with Crippen molar-refractivity contribution in [2.24, 2.45) is 5.10 Å². The molecule has 1 atom stereocenters. The minimum Gasteiger partial charge on any atom is -0.361 e. The number of fused-ring (bicyclic) bond motifs is 1. The molecule has 1 aromatic carbocycles. The van der Waals surface area contributed by atoms with Crippen LogP contribution < -0.4 is 5.43 Å². The molecule has 0 bridgehead atoms. The number of piperidine rings is 1. The summed E-state index contributed by atoms with van der Waals surface area (Å²) in [5.41, 5.74) is 4.70. The van der Waals surface area contributed by atoms with E-state index in [1.807, 2.05) is 37.5 Å². The Hall–Kier alpha value is -2.14. The van der Waals surface area contributed by atoms with Gasteiger partial charge in [-0.05, 0) is 32.5 Å². The highest BCUT2D eigenvalue weighted by atomic mass is 16.2. The Morgan fingerprint density at radius 2 is 2.29 bits per heavy atom. The molecule has 0 saturated carbocycles. The fourth-order valence-electron chi connectivity index (χ4n) is 2.85. The van der Waals surface area contributed by atoms with Gasteiger partial charge in [-0.25, -0.2) is 5.43 Å². The number of nitrogens with zero attached hydrogens (tertiary/aromatic N) is 2. The predicted octanol–water partition coefficient (Wildman–Crippen LogP) is 2.10. The highest BCUT2D eigenvalue weighted by molar-refractivity contribution is 5.99. The van der Waals surface area contributed by atoms with Crippen molar-refractivity contribution >= 4 is 23.0 Å². The topological polar surface area (TPSA) is 60.5 Å². The van der Waals surface area contributed by atoms with E-state index in [-0.39, 0.29) is 11.9 Å². The Morgan fingerprint density at radius 1 is 1.43 bits per heavy atom. The summed E-state index contributed by atoms with van der Waals surface area (Å²) in [6.07, 6.45) is 6.77. The Bertz CT molecular complexity index is 661. The molecule has 0 radical (unpaired) electrons. The number of aromatic amines is 1. The fourth-order valence-corrected chi connectivity index (χ4v) is 2.85. The van der Waals surface area contributed by atoms with Crippen molar-refractivity contribution in [3.8, 4) is 0 Å². The van der Waals surface area contributed by atoms with E-state index in [9.17, 15) is 4.79 Å². The van der Waals surface area contributed by atoms with Crippen LogP contribution in [0.15, 0.2) is 35.6 Å². The van der Waals surface area contributed by atoms with Crippen LogP contribution in [0.2, 0.25) is 0 Å². The SMILES string of the molecule is CN1CCCC[C@@H]1C(=O)N/N=C/c1c[nH]c2ccccc12. The number of likely N-dealkylation sites (N-methyl/N-ethyl adjacent to an activating group) is 1. The number of para-hydroxylation sites is 1. The molecule has 5 nitrogen and oxygen atoms in total. The van der Waals surface area contributed by atoms with Gasteiger partial charge < -0.3 is 4.98 Å². The van der Waals surface area contributed by atoms with Gasteiger partial charge in [0.05, 0.1) is 12.3 Å². The van der Waals surface area contributed by atoms with Crippen LogP contribution in [0.1, 0.15) is 24.8 Å². The Balaban J connectivity index is 1.65. The number of carbonyl (C=O) groups is 1. The summed E-state index contributed by atoms with van der Waals surface area (Å²) in [6.45, 7) is 0.976. The average molecular weight is 284 g/mol. The number of carbonyl (C=O) groups excluding carboxylic acids is 1. The van der Waals surface area contributed by atoms with Crippen LogP contribution >= 0.6 is 0 Å². The van der Waals surface area contributed by atoms with Crippen molar-refractivity contribution in [1.29, 1.82) is 0 Å². The number of hydrazone groups is 1. The molecular weight excluding hydrogens is 264 g/mol. The van der Waals surface area contributed by atoms with E-state index in [2.05, 4.69) is 20.4 Å². The smallest absolute Gasteiger partial charge is 0.257 e. The van der Waals surface area contributed by atoms with Crippen LogP contribution in [0.4, 0.5) is 0 Å². The van der Waals surface area contributed by atoms with Crippen molar-refractivity contribution in [3.63, 3.8) is 0 Å². The van der Waals surface area contributed by atoms with Crippen LogP contribution in [-0.2, 0) is 4.79 Å². The standard InChI is InChI=1S/C16H20N4O/c1-20-9-5-4-8-15(20)16(21)19-18-11-12-10-17-14-7-3-2-6-13(12)14/h2-3,6-7,10-11,15,17H,4-5,8-9H2,1H3,(H,19,21)/b18-11+/t15-/m1/s1. The molecule has 0 unspecified atom stereocenters. The molecule has 3 rings (SSSR count). The molecule has 2 N–H and O–H groups in total. The van der Waals surface area contributed by atoms with Crippen molar-refractivity contribution in [2.75, 3.05) is 13.6 Å². The monoisotopic (exact) mass is 284 g/mol. The van der Waals surface area contributed by atoms with E-state index in [1.54, 1.807) is 6.21 Å². The number of nitrogens with one attached hydrogen (secondary N) is 2. The molecule has 5 heteroatoms. The fraction of sp³-hybridized carbons (Fsp3) is 0.375. The normalized spacial score (nSPS) is 20.1. The molecule has 1 aromatic heterocycles. The molecule has 21 heavy (non-hydrogen) atoms. The van der Waals surface area contributed by atoms with Gasteiger partial charge in [-0.1, -0.05) is 24.6 Å². The molecular formula is C16H20N4O. The largest absolute Gasteiger partial charge is 0.361 e. The second-order valence-electron chi connectivity index (χ2n) is 5.52. The minimum atomic E-state index is -0.0566. The lowest BCUT2D eigenvalue weighted by atomic mass is 10.0. The zero-order chi connectivity index (χ0) is 14.7. The summed E-state index contributed by atoms with van der Waals surface area (Å²) in [4.78, 5) is 17.4. The van der Waals surface area contributed by atoms with E-state index >= 15 is 0 Å². The summed E-state index contributed by atoms with van der Waals surface area (Å²) < 4.78 is 0. The van der Waals surface area contributed by atoms with E-state index in [0.29, 0.717) is 0 Å². The second-order valence-corrected chi connectivity index (χ2v) is 5.52. The van der Waals surface area contributed by atoms with Gasteiger partial charge in [0.1, 0.15) is 0 Å². The molecule has 1 amide bonds. The van der Waals surface area contributed by atoms with Crippen LogP contribution in [0.3, 0.4) is 0 Å².